The molecule has 0 saturated carbocycles. The molecule has 90 valence electrons. The molecule has 0 fully saturated rings. The molecule has 1 aromatic heterocycles. The van der Waals surface area contributed by atoms with Gasteiger partial charge in [0.1, 0.15) is 0 Å². The normalized spacial score (nSPS) is 12.7. The van der Waals surface area contributed by atoms with Crippen LogP contribution in [0.5, 0.6) is 0 Å². The van der Waals surface area contributed by atoms with E-state index in [0.29, 0.717) is 12.2 Å². The van der Waals surface area contributed by atoms with Crippen LogP contribution in [0.3, 0.4) is 0 Å². The van der Waals surface area contributed by atoms with Gasteiger partial charge in [0.25, 0.3) is 0 Å². The fourth-order valence-corrected chi connectivity index (χ4v) is 1.89. The Morgan fingerprint density at radius 1 is 1.35 bits per heavy atom. The molecule has 0 saturated heterocycles. The largest absolute Gasteiger partial charge is 0.324 e. The third-order valence-electron chi connectivity index (χ3n) is 3.00. The van der Waals surface area contributed by atoms with E-state index in [1.165, 1.54) is 15.9 Å². The predicted octanol–water partition coefficient (Wildman–Crippen LogP) is 1.07. The minimum absolute atomic E-state index is 0.0842. The number of aromatic nitrogens is 4. The van der Waals surface area contributed by atoms with Crippen molar-refractivity contribution < 1.29 is 0 Å². The van der Waals surface area contributed by atoms with Crippen molar-refractivity contribution in [2.75, 3.05) is 0 Å². The maximum absolute atomic E-state index is 6.19. The summed E-state index contributed by atoms with van der Waals surface area (Å²) in [5.41, 5.74) is 9.83. The Morgan fingerprint density at radius 3 is 2.76 bits per heavy atom. The third-order valence-corrected chi connectivity index (χ3v) is 3.00. The summed E-state index contributed by atoms with van der Waals surface area (Å²) in [5, 5.41) is 11.9. The van der Waals surface area contributed by atoms with Crippen LogP contribution in [0.4, 0.5) is 0 Å². The average Bonchev–Trinajstić information content (AvgIpc) is 2.68. The van der Waals surface area contributed by atoms with E-state index >= 15 is 0 Å². The summed E-state index contributed by atoms with van der Waals surface area (Å²) >= 11 is 0. The molecular weight excluding hydrogens is 214 g/mol. The fourth-order valence-electron chi connectivity index (χ4n) is 1.89. The Morgan fingerprint density at radius 2 is 2.12 bits per heavy atom. The standard InChI is InChI=1S/C12H17N5/c1-8-5-4-6-10(9(8)2)11(13)7-12-14-16-17(3)15-12/h4-6,11H,7,13H2,1-3H3. The van der Waals surface area contributed by atoms with E-state index in [0.717, 1.165) is 5.56 Å². The number of rotatable bonds is 3. The van der Waals surface area contributed by atoms with Crippen molar-refractivity contribution >= 4 is 0 Å². The first-order valence-electron chi connectivity index (χ1n) is 5.62. The van der Waals surface area contributed by atoms with E-state index in [9.17, 15) is 0 Å². The van der Waals surface area contributed by atoms with Gasteiger partial charge in [-0.05, 0) is 35.8 Å². The van der Waals surface area contributed by atoms with Crippen LogP contribution >= 0.6 is 0 Å². The van der Waals surface area contributed by atoms with Gasteiger partial charge in [0.15, 0.2) is 5.82 Å². The van der Waals surface area contributed by atoms with Crippen molar-refractivity contribution in [3.8, 4) is 0 Å². The maximum atomic E-state index is 6.19. The molecule has 2 rings (SSSR count). The predicted molar refractivity (Wildman–Crippen MR) is 65.3 cm³/mol. The lowest BCUT2D eigenvalue weighted by Crippen LogP contribution is -2.16. The fraction of sp³-hybridized carbons (Fsp3) is 0.417. The highest BCUT2D eigenvalue weighted by Gasteiger charge is 2.13. The van der Waals surface area contributed by atoms with Crippen molar-refractivity contribution in [1.82, 2.24) is 20.2 Å². The number of hydrogen-bond donors (Lipinski definition) is 1. The molecule has 5 heteroatoms. The zero-order chi connectivity index (χ0) is 12.4. The van der Waals surface area contributed by atoms with Crippen molar-refractivity contribution in [2.24, 2.45) is 12.8 Å². The van der Waals surface area contributed by atoms with Gasteiger partial charge >= 0.3 is 0 Å². The maximum Gasteiger partial charge on any atom is 0.176 e. The molecule has 1 unspecified atom stereocenters. The molecule has 0 amide bonds. The van der Waals surface area contributed by atoms with Crippen LogP contribution in [-0.4, -0.2) is 20.2 Å². The monoisotopic (exact) mass is 231 g/mol. The highest BCUT2D eigenvalue weighted by atomic mass is 15.6. The average molecular weight is 231 g/mol. The van der Waals surface area contributed by atoms with E-state index in [1.807, 2.05) is 6.07 Å². The zero-order valence-electron chi connectivity index (χ0n) is 10.4. The molecule has 0 aliphatic carbocycles. The molecule has 0 bridgehead atoms. The van der Waals surface area contributed by atoms with Gasteiger partial charge in [0.05, 0.1) is 7.05 Å². The summed E-state index contributed by atoms with van der Waals surface area (Å²) < 4.78 is 0. The number of nitrogens with two attached hydrogens (primary N) is 1. The van der Waals surface area contributed by atoms with Gasteiger partial charge in [0, 0.05) is 12.5 Å². The SMILES string of the molecule is Cc1cccc(C(N)Cc2nnn(C)n2)c1C. The van der Waals surface area contributed by atoms with E-state index in [4.69, 9.17) is 5.73 Å². The molecule has 1 atom stereocenters. The minimum Gasteiger partial charge on any atom is -0.324 e. The Kier molecular flexibility index (Phi) is 3.19. The third kappa shape index (κ3) is 2.50. The molecule has 1 heterocycles. The summed E-state index contributed by atoms with van der Waals surface area (Å²) in [4.78, 5) is 1.45. The Balaban J connectivity index is 2.20. The van der Waals surface area contributed by atoms with E-state index in [-0.39, 0.29) is 6.04 Å². The van der Waals surface area contributed by atoms with E-state index in [2.05, 4.69) is 41.4 Å². The zero-order valence-corrected chi connectivity index (χ0v) is 10.4. The molecule has 0 aliphatic rings. The molecule has 17 heavy (non-hydrogen) atoms. The van der Waals surface area contributed by atoms with Crippen molar-refractivity contribution in [3.63, 3.8) is 0 Å². The molecule has 2 N–H and O–H groups in total. The lowest BCUT2D eigenvalue weighted by Gasteiger charge is -2.14. The lowest BCUT2D eigenvalue weighted by molar-refractivity contribution is 0.622. The van der Waals surface area contributed by atoms with Gasteiger partial charge in [0.2, 0.25) is 0 Å². The second-order valence-corrected chi connectivity index (χ2v) is 4.29. The van der Waals surface area contributed by atoms with Crippen molar-refractivity contribution in [3.05, 3.63) is 40.7 Å². The Labute approximate surface area is 101 Å². The molecule has 0 spiro atoms. The topological polar surface area (TPSA) is 69.6 Å². The van der Waals surface area contributed by atoms with Crippen LogP contribution in [0, 0.1) is 13.8 Å². The summed E-state index contributed by atoms with van der Waals surface area (Å²) in [6, 6.07) is 6.09. The van der Waals surface area contributed by atoms with Gasteiger partial charge in [-0.2, -0.15) is 4.80 Å². The van der Waals surface area contributed by atoms with Crippen LogP contribution in [0.15, 0.2) is 18.2 Å². The second-order valence-electron chi connectivity index (χ2n) is 4.29. The Bertz CT molecular complexity index is 517. The molecule has 1 aromatic carbocycles. The molecule has 5 nitrogen and oxygen atoms in total. The van der Waals surface area contributed by atoms with Crippen LogP contribution in [0.2, 0.25) is 0 Å². The van der Waals surface area contributed by atoms with E-state index < -0.39 is 0 Å². The summed E-state index contributed by atoms with van der Waals surface area (Å²) in [5.74, 6) is 0.681. The van der Waals surface area contributed by atoms with Crippen LogP contribution in [0.1, 0.15) is 28.6 Å². The van der Waals surface area contributed by atoms with Crippen LogP contribution in [0.25, 0.3) is 0 Å². The number of aryl methyl sites for hydroxylation is 2. The van der Waals surface area contributed by atoms with Crippen LogP contribution < -0.4 is 5.73 Å². The number of benzene rings is 1. The smallest absolute Gasteiger partial charge is 0.176 e. The number of tetrazole rings is 1. The Hall–Kier alpha value is -1.75. The van der Waals surface area contributed by atoms with Crippen LogP contribution in [-0.2, 0) is 13.5 Å². The number of nitrogens with zero attached hydrogens (tertiary/aromatic N) is 4. The van der Waals surface area contributed by atoms with Crippen molar-refractivity contribution in [2.45, 2.75) is 26.3 Å². The minimum atomic E-state index is -0.0842. The first-order chi connectivity index (χ1) is 8.08. The lowest BCUT2D eigenvalue weighted by atomic mass is 9.96. The first kappa shape index (κ1) is 11.7. The van der Waals surface area contributed by atoms with Gasteiger partial charge in [-0.1, -0.05) is 18.2 Å². The molecular formula is C12H17N5. The molecule has 0 radical (unpaired) electrons. The summed E-state index contributed by atoms with van der Waals surface area (Å²) in [6.45, 7) is 4.18. The highest BCUT2D eigenvalue weighted by Crippen LogP contribution is 2.20. The van der Waals surface area contributed by atoms with Crippen molar-refractivity contribution in [1.29, 1.82) is 0 Å². The first-order valence-corrected chi connectivity index (χ1v) is 5.62. The summed E-state index contributed by atoms with van der Waals surface area (Å²) in [7, 11) is 1.75. The summed E-state index contributed by atoms with van der Waals surface area (Å²) in [6.07, 6.45) is 0.609. The van der Waals surface area contributed by atoms with Gasteiger partial charge in [-0.3, -0.25) is 0 Å². The van der Waals surface area contributed by atoms with Gasteiger partial charge < -0.3 is 5.73 Å². The van der Waals surface area contributed by atoms with Gasteiger partial charge in [-0.25, -0.2) is 0 Å². The molecule has 0 aliphatic heterocycles. The second kappa shape index (κ2) is 4.63. The molecule has 2 aromatic rings. The number of hydrogen-bond acceptors (Lipinski definition) is 4. The quantitative estimate of drug-likeness (QED) is 0.857. The van der Waals surface area contributed by atoms with E-state index in [1.54, 1.807) is 7.05 Å². The van der Waals surface area contributed by atoms with Gasteiger partial charge in [-0.15, -0.1) is 10.2 Å². The highest BCUT2D eigenvalue weighted by molar-refractivity contribution is 5.35.